The molecule has 0 spiro atoms. The maximum absolute atomic E-state index is 12.0. The third-order valence-electron chi connectivity index (χ3n) is 2.14. The van der Waals surface area contributed by atoms with E-state index in [-0.39, 0.29) is 17.5 Å². The van der Waals surface area contributed by atoms with Crippen LogP contribution >= 0.6 is 0 Å². The first kappa shape index (κ1) is 13.7. The second-order valence-electron chi connectivity index (χ2n) is 3.52. The summed E-state index contributed by atoms with van der Waals surface area (Å²) in [6.07, 6.45) is 2.00. The van der Waals surface area contributed by atoms with Crippen LogP contribution in [0.15, 0.2) is 34.8 Å². The first-order chi connectivity index (χ1) is 9.54. The first-order valence-electron chi connectivity index (χ1n) is 5.34. The number of halogens is 2. The molecule has 1 aromatic heterocycles. The van der Waals surface area contributed by atoms with E-state index < -0.39 is 12.6 Å². The third-order valence-corrected chi connectivity index (χ3v) is 2.14. The number of aromatic nitrogens is 2. The lowest BCUT2D eigenvalue weighted by atomic mass is 10.2. The molecule has 0 saturated carbocycles. The number of rotatable bonds is 5. The Morgan fingerprint density at radius 3 is 2.60 bits per heavy atom. The summed E-state index contributed by atoms with van der Waals surface area (Å²) >= 11 is 0. The molecule has 1 aromatic carbocycles. The predicted octanol–water partition coefficient (Wildman–Crippen LogP) is 2.44. The molecular formula is C12H8F2N2O4. The Hall–Kier alpha value is -2.77. The maximum Gasteiger partial charge on any atom is 0.387 e. The van der Waals surface area contributed by atoms with Gasteiger partial charge in [-0.1, -0.05) is 0 Å². The Morgan fingerprint density at radius 2 is 2.00 bits per heavy atom. The molecule has 0 fully saturated rings. The van der Waals surface area contributed by atoms with Crippen LogP contribution in [0.4, 0.5) is 8.78 Å². The Morgan fingerprint density at radius 1 is 1.30 bits per heavy atom. The molecule has 1 N–H and O–H groups in total. The van der Waals surface area contributed by atoms with E-state index in [1.165, 1.54) is 24.3 Å². The number of hydrogen-bond donors (Lipinski definition) is 1. The van der Waals surface area contributed by atoms with E-state index in [0.29, 0.717) is 5.56 Å². The van der Waals surface area contributed by atoms with Crippen molar-refractivity contribution in [1.29, 1.82) is 0 Å². The van der Waals surface area contributed by atoms with Crippen molar-refractivity contribution in [2.75, 3.05) is 0 Å². The molecule has 0 aliphatic heterocycles. The zero-order chi connectivity index (χ0) is 14.5. The molecule has 8 heteroatoms. The fourth-order valence-electron chi connectivity index (χ4n) is 1.34. The number of carbonyl (C=O) groups is 1. The van der Waals surface area contributed by atoms with Gasteiger partial charge in [-0.3, -0.25) is 0 Å². The van der Waals surface area contributed by atoms with Gasteiger partial charge in [0, 0.05) is 17.7 Å². The first-order valence-corrected chi connectivity index (χ1v) is 5.34. The van der Waals surface area contributed by atoms with Gasteiger partial charge < -0.3 is 14.3 Å². The van der Waals surface area contributed by atoms with E-state index in [1.807, 2.05) is 0 Å². The number of nitrogens with zero attached hydrogens (tertiary/aromatic N) is 2. The number of benzene rings is 1. The molecule has 0 radical (unpaired) electrons. The Bertz CT molecular complexity index is 623. The second kappa shape index (κ2) is 5.91. The summed E-state index contributed by atoms with van der Waals surface area (Å²) in [5, 5.41) is 15.8. The molecule has 2 aromatic rings. The lowest BCUT2D eigenvalue weighted by Gasteiger charge is -2.03. The van der Waals surface area contributed by atoms with E-state index in [2.05, 4.69) is 14.9 Å². The normalized spacial score (nSPS) is 11.2. The molecule has 0 aliphatic rings. The van der Waals surface area contributed by atoms with E-state index in [9.17, 15) is 13.6 Å². The number of alkyl halides is 2. The predicted molar refractivity (Wildman–Crippen MR) is 63.0 cm³/mol. The molecule has 1 heterocycles. The zero-order valence-electron chi connectivity index (χ0n) is 9.86. The third kappa shape index (κ3) is 3.61. The SMILES string of the molecule is O=C(O)/C=C/c1nnc(-c2ccc(OC(F)F)cc2)o1. The largest absolute Gasteiger partial charge is 0.478 e. The minimum atomic E-state index is -2.89. The standard InChI is InChI=1S/C12H8F2N2O4/c13-12(14)19-8-3-1-7(2-4-8)11-16-15-9(20-11)5-6-10(17)18/h1-6,12H,(H,17,18)/b6-5+. The summed E-state index contributed by atoms with van der Waals surface area (Å²) in [4.78, 5) is 10.3. The highest BCUT2D eigenvalue weighted by Crippen LogP contribution is 2.22. The summed E-state index contributed by atoms with van der Waals surface area (Å²) in [7, 11) is 0. The minimum absolute atomic E-state index is 0.00858. The molecule has 0 atom stereocenters. The van der Waals surface area contributed by atoms with E-state index in [1.54, 1.807) is 0 Å². The van der Waals surface area contributed by atoms with Gasteiger partial charge in [0.2, 0.25) is 11.8 Å². The maximum atomic E-state index is 12.0. The molecule has 0 saturated heterocycles. The van der Waals surface area contributed by atoms with Crippen LogP contribution in [0.25, 0.3) is 17.5 Å². The van der Waals surface area contributed by atoms with E-state index >= 15 is 0 Å². The molecule has 104 valence electrons. The quantitative estimate of drug-likeness (QED) is 0.848. The van der Waals surface area contributed by atoms with Gasteiger partial charge in [0.1, 0.15) is 5.75 Å². The summed E-state index contributed by atoms with van der Waals surface area (Å²) in [6, 6.07) is 5.60. The summed E-state index contributed by atoms with van der Waals surface area (Å²) < 4.78 is 33.3. The van der Waals surface area contributed by atoms with Crippen molar-refractivity contribution in [1.82, 2.24) is 10.2 Å². The van der Waals surface area contributed by atoms with Crippen LogP contribution in [0.3, 0.4) is 0 Å². The van der Waals surface area contributed by atoms with Gasteiger partial charge in [-0.15, -0.1) is 10.2 Å². The Balaban J connectivity index is 2.13. The molecule has 0 bridgehead atoms. The molecule has 0 unspecified atom stereocenters. The lowest BCUT2D eigenvalue weighted by molar-refractivity contribution is -0.131. The molecule has 0 amide bonds. The average molecular weight is 282 g/mol. The van der Waals surface area contributed by atoms with Gasteiger partial charge in [0.25, 0.3) is 0 Å². The number of ether oxygens (including phenoxy) is 1. The fraction of sp³-hybridized carbons (Fsp3) is 0.0833. The van der Waals surface area contributed by atoms with Crippen molar-refractivity contribution in [3.63, 3.8) is 0 Å². The van der Waals surface area contributed by atoms with Crippen molar-refractivity contribution in [2.45, 2.75) is 6.61 Å². The Kier molecular flexibility index (Phi) is 4.04. The highest BCUT2D eigenvalue weighted by molar-refractivity contribution is 5.84. The second-order valence-corrected chi connectivity index (χ2v) is 3.52. The average Bonchev–Trinajstić information content (AvgIpc) is 2.85. The monoisotopic (exact) mass is 282 g/mol. The van der Waals surface area contributed by atoms with Crippen LogP contribution < -0.4 is 4.74 Å². The smallest absolute Gasteiger partial charge is 0.387 e. The lowest BCUT2D eigenvalue weighted by Crippen LogP contribution is -2.01. The number of carboxylic acid groups (broad SMARTS) is 1. The minimum Gasteiger partial charge on any atom is -0.478 e. The highest BCUT2D eigenvalue weighted by Gasteiger charge is 2.08. The number of carboxylic acids is 1. The van der Waals surface area contributed by atoms with Crippen LogP contribution in [-0.2, 0) is 4.79 Å². The summed E-state index contributed by atoms with van der Waals surface area (Å²) in [6.45, 7) is -2.89. The van der Waals surface area contributed by atoms with Crippen molar-refractivity contribution < 1.29 is 27.8 Å². The Labute approximate surface area is 111 Å². The topological polar surface area (TPSA) is 85.5 Å². The summed E-state index contributed by atoms with van der Waals surface area (Å²) in [5.74, 6) is -0.971. The molecule has 2 rings (SSSR count). The molecule has 6 nitrogen and oxygen atoms in total. The van der Waals surface area contributed by atoms with Crippen molar-refractivity contribution in [2.24, 2.45) is 0 Å². The number of aliphatic carboxylic acids is 1. The van der Waals surface area contributed by atoms with Crippen molar-refractivity contribution in [3.8, 4) is 17.2 Å². The van der Waals surface area contributed by atoms with Crippen LogP contribution in [0.1, 0.15) is 5.89 Å². The van der Waals surface area contributed by atoms with Crippen LogP contribution in [-0.4, -0.2) is 27.9 Å². The van der Waals surface area contributed by atoms with Crippen LogP contribution in [0.2, 0.25) is 0 Å². The van der Waals surface area contributed by atoms with E-state index in [4.69, 9.17) is 9.52 Å². The highest BCUT2D eigenvalue weighted by atomic mass is 19.3. The van der Waals surface area contributed by atoms with Gasteiger partial charge in [0.15, 0.2) is 0 Å². The van der Waals surface area contributed by atoms with Gasteiger partial charge in [-0.25, -0.2) is 4.79 Å². The van der Waals surface area contributed by atoms with Crippen molar-refractivity contribution in [3.05, 3.63) is 36.2 Å². The summed E-state index contributed by atoms with van der Waals surface area (Å²) in [5.41, 5.74) is 0.495. The van der Waals surface area contributed by atoms with Gasteiger partial charge in [-0.05, 0) is 24.3 Å². The van der Waals surface area contributed by atoms with Gasteiger partial charge >= 0.3 is 12.6 Å². The van der Waals surface area contributed by atoms with Crippen LogP contribution in [0.5, 0.6) is 5.75 Å². The van der Waals surface area contributed by atoms with Gasteiger partial charge in [0.05, 0.1) is 0 Å². The number of hydrogen-bond acceptors (Lipinski definition) is 5. The zero-order valence-corrected chi connectivity index (χ0v) is 9.86. The molecular weight excluding hydrogens is 274 g/mol. The van der Waals surface area contributed by atoms with Crippen molar-refractivity contribution >= 4 is 12.0 Å². The molecule has 0 aliphatic carbocycles. The van der Waals surface area contributed by atoms with Gasteiger partial charge in [-0.2, -0.15) is 8.78 Å². The van der Waals surface area contributed by atoms with Crippen LogP contribution in [0, 0.1) is 0 Å². The van der Waals surface area contributed by atoms with E-state index in [0.717, 1.165) is 12.2 Å². The molecule has 20 heavy (non-hydrogen) atoms. The fourth-order valence-corrected chi connectivity index (χ4v) is 1.34.